The van der Waals surface area contributed by atoms with Crippen LogP contribution in [-0.2, 0) is 6.54 Å². The van der Waals surface area contributed by atoms with Crippen LogP contribution in [0.15, 0.2) is 53.1 Å². The van der Waals surface area contributed by atoms with Crippen molar-refractivity contribution < 1.29 is 9.90 Å². The number of aromatic carboxylic acids is 1. The van der Waals surface area contributed by atoms with Crippen LogP contribution >= 0.6 is 15.9 Å². The lowest BCUT2D eigenvalue weighted by Crippen LogP contribution is -1.99. The highest BCUT2D eigenvalue weighted by Crippen LogP contribution is 2.16. The Balaban J connectivity index is 1.92. The molecule has 0 aliphatic carbocycles. The molecule has 1 heterocycles. The third-order valence-corrected chi connectivity index (χ3v) is 3.59. The summed E-state index contributed by atoms with van der Waals surface area (Å²) in [6.45, 7) is 0.657. The number of hydrogen-bond acceptors (Lipinski definition) is 2. The smallest absolute Gasteiger partial charge is 0.335 e. The Hall–Kier alpha value is -2.14. The van der Waals surface area contributed by atoms with E-state index in [2.05, 4.69) is 21.0 Å². The van der Waals surface area contributed by atoms with E-state index in [1.54, 1.807) is 18.2 Å². The molecule has 0 saturated carbocycles. The van der Waals surface area contributed by atoms with Crippen LogP contribution in [-0.4, -0.2) is 20.9 Å². The molecule has 0 bridgehead atoms. The summed E-state index contributed by atoms with van der Waals surface area (Å²) in [6, 6.07) is 13.0. The second-order valence-electron chi connectivity index (χ2n) is 4.53. The topological polar surface area (TPSA) is 55.1 Å². The fourth-order valence-electron chi connectivity index (χ4n) is 2.07. The number of rotatable bonds is 3. The van der Waals surface area contributed by atoms with E-state index in [4.69, 9.17) is 5.11 Å². The molecular weight excluding hydrogens is 320 g/mol. The van der Waals surface area contributed by atoms with Gasteiger partial charge in [0.25, 0.3) is 0 Å². The summed E-state index contributed by atoms with van der Waals surface area (Å²) in [7, 11) is 0. The lowest BCUT2D eigenvalue weighted by atomic mass is 10.2. The first-order valence-electron chi connectivity index (χ1n) is 6.07. The maximum atomic E-state index is 10.9. The van der Waals surface area contributed by atoms with Gasteiger partial charge in [0.05, 0.1) is 17.6 Å². The van der Waals surface area contributed by atoms with Gasteiger partial charge in [-0.05, 0) is 35.9 Å². The van der Waals surface area contributed by atoms with Crippen molar-refractivity contribution >= 4 is 32.8 Å². The molecule has 0 amide bonds. The molecule has 0 saturated heterocycles. The van der Waals surface area contributed by atoms with Gasteiger partial charge in [0.15, 0.2) is 0 Å². The van der Waals surface area contributed by atoms with Crippen LogP contribution in [0.1, 0.15) is 15.9 Å². The Morgan fingerprint density at radius 3 is 2.65 bits per heavy atom. The van der Waals surface area contributed by atoms with Gasteiger partial charge in [0, 0.05) is 16.1 Å². The lowest BCUT2D eigenvalue weighted by Gasteiger charge is -2.01. The molecule has 0 radical (unpaired) electrons. The van der Waals surface area contributed by atoms with Crippen molar-refractivity contribution in [3.05, 3.63) is 64.3 Å². The van der Waals surface area contributed by atoms with Crippen LogP contribution < -0.4 is 0 Å². The minimum absolute atomic E-state index is 0.278. The van der Waals surface area contributed by atoms with Crippen molar-refractivity contribution in [1.82, 2.24) is 9.78 Å². The Kier molecular flexibility index (Phi) is 3.28. The molecule has 3 aromatic rings. The van der Waals surface area contributed by atoms with E-state index < -0.39 is 5.97 Å². The summed E-state index contributed by atoms with van der Waals surface area (Å²) in [5.41, 5.74) is 2.22. The van der Waals surface area contributed by atoms with Gasteiger partial charge in [-0.3, -0.25) is 4.68 Å². The standard InChI is InChI=1S/C15H11BrN2O2/c16-13-4-1-10(2-5-13)8-18-9-12-7-11(15(19)20)3-6-14(12)17-18/h1-7,9H,8H2,(H,19,20). The summed E-state index contributed by atoms with van der Waals surface area (Å²) >= 11 is 3.40. The number of carbonyl (C=O) groups is 1. The zero-order chi connectivity index (χ0) is 14.1. The molecule has 20 heavy (non-hydrogen) atoms. The van der Waals surface area contributed by atoms with E-state index in [0.717, 1.165) is 20.9 Å². The number of nitrogens with zero attached hydrogens (tertiary/aromatic N) is 2. The van der Waals surface area contributed by atoms with Crippen molar-refractivity contribution in [3.8, 4) is 0 Å². The molecule has 0 fully saturated rings. The van der Waals surface area contributed by atoms with E-state index in [9.17, 15) is 4.79 Å². The second kappa shape index (κ2) is 5.09. The van der Waals surface area contributed by atoms with E-state index >= 15 is 0 Å². The quantitative estimate of drug-likeness (QED) is 0.799. The zero-order valence-electron chi connectivity index (χ0n) is 10.5. The maximum absolute atomic E-state index is 10.9. The monoisotopic (exact) mass is 330 g/mol. The first-order valence-corrected chi connectivity index (χ1v) is 6.86. The number of carboxylic acids is 1. The number of aromatic nitrogens is 2. The molecule has 1 aromatic heterocycles. The van der Waals surface area contributed by atoms with E-state index in [1.165, 1.54) is 0 Å². The van der Waals surface area contributed by atoms with Gasteiger partial charge in [-0.2, -0.15) is 5.10 Å². The largest absolute Gasteiger partial charge is 0.478 e. The Morgan fingerprint density at radius 2 is 1.95 bits per heavy atom. The molecule has 0 aliphatic heterocycles. The number of halogens is 1. The van der Waals surface area contributed by atoms with Gasteiger partial charge >= 0.3 is 5.97 Å². The number of hydrogen-bond donors (Lipinski definition) is 1. The summed E-state index contributed by atoms with van der Waals surface area (Å²) < 4.78 is 2.86. The average molecular weight is 331 g/mol. The SMILES string of the molecule is O=C(O)c1ccc2nn(Cc3ccc(Br)cc3)cc2c1. The minimum atomic E-state index is -0.924. The molecule has 0 unspecified atom stereocenters. The Labute approximate surface area is 123 Å². The molecule has 0 spiro atoms. The molecule has 2 aromatic carbocycles. The van der Waals surface area contributed by atoms with Gasteiger partial charge in [0.2, 0.25) is 0 Å². The van der Waals surface area contributed by atoms with E-state index in [1.807, 2.05) is 35.1 Å². The summed E-state index contributed by atoms with van der Waals surface area (Å²) in [5, 5.41) is 14.3. The Bertz CT molecular complexity index is 778. The van der Waals surface area contributed by atoms with Crippen molar-refractivity contribution in [2.75, 3.05) is 0 Å². The lowest BCUT2D eigenvalue weighted by molar-refractivity contribution is 0.0697. The first kappa shape index (κ1) is 12.9. The predicted octanol–water partition coefficient (Wildman–Crippen LogP) is 3.55. The van der Waals surface area contributed by atoms with Crippen molar-refractivity contribution in [3.63, 3.8) is 0 Å². The highest BCUT2D eigenvalue weighted by Gasteiger charge is 2.06. The summed E-state index contributed by atoms with van der Waals surface area (Å²) in [5.74, 6) is -0.924. The molecule has 3 rings (SSSR count). The third kappa shape index (κ3) is 2.58. The third-order valence-electron chi connectivity index (χ3n) is 3.06. The second-order valence-corrected chi connectivity index (χ2v) is 5.45. The minimum Gasteiger partial charge on any atom is -0.478 e. The summed E-state index contributed by atoms with van der Waals surface area (Å²) in [4.78, 5) is 10.9. The van der Waals surface area contributed by atoms with Crippen LogP contribution in [0.2, 0.25) is 0 Å². The van der Waals surface area contributed by atoms with Gasteiger partial charge in [-0.1, -0.05) is 28.1 Å². The Morgan fingerprint density at radius 1 is 1.20 bits per heavy atom. The first-order chi connectivity index (χ1) is 9.61. The van der Waals surface area contributed by atoms with Crippen molar-refractivity contribution in [2.45, 2.75) is 6.54 Å². The molecule has 100 valence electrons. The molecule has 0 aliphatic rings. The number of benzene rings is 2. The predicted molar refractivity (Wildman–Crippen MR) is 79.9 cm³/mol. The van der Waals surface area contributed by atoms with Crippen LogP contribution in [0, 0.1) is 0 Å². The fourth-order valence-corrected chi connectivity index (χ4v) is 2.33. The van der Waals surface area contributed by atoms with Gasteiger partial charge in [-0.15, -0.1) is 0 Å². The average Bonchev–Trinajstić information content (AvgIpc) is 2.82. The molecule has 0 atom stereocenters. The van der Waals surface area contributed by atoms with Crippen molar-refractivity contribution in [2.24, 2.45) is 0 Å². The summed E-state index contributed by atoms with van der Waals surface area (Å²) in [6.07, 6.45) is 1.86. The van der Waals surface area contributed by atoms with E-state index in [0.29, 0.717) is 6.54 Å². The van der Waals surface area contributed by atoms with E-state index in [-0.39, 0.29) is 5.56 Å². The van der Waals surface area contributed by atoms with Gasteiger partial charge < -0.3 is 5.11 Å². The molecular formula is C15H11BrN2O2. The van der Waals surface area contributed by atoms with Crippen LogP contribution in [0.5, 0.6) is 0 Å². The van der Waals surface area contributed by atoms with Crippen LogP contribution in [0.3, 0.4) is 0 Å². The van der Waals surface area contributed by atoms with Crippen LogP contribution in [0.25, 0.3) is 10.9 Å². The van der Waals surface area contributed by atoms with Crippen LogP contribution in [0.4, 0.5) is 0 Å². The zero-order valence-corrected chi connectivity index (χ0v) is 12.0. The van der Waals surface area contributed by atoms with Crippen molar-refractivity contribution in [1.29, 1.82) is 0 Å². The highest BCUT2D eigenvalue weighted by molar-refractivity contribution is 9.10. The number of carboxylic acid groups (broad SMARTS) is 1. The normalized spacial score (nSPS) is 10.8. The van der Waals surface area contributed by atoms with Gasteiger partial charge in [0.1, 0.15) is 0 Å². The molecule has 4 nitrogen and oxygen atoms in total. The molecule has 1 N–H and O–H groups in total. The number of fused-ring (bicyclic) bond motifs is 1. The van der Waals surface area contributed by atoms with Gasteiger partial charge in [-0.25, -0.2) is 4.79 Å². The maximum Gasteiger partial charge on any atom is 0.335 e. The highest BCUT2D eigenvalue weighted by atomic mass is 79.9. The fraction of sp³-hybridized carbons (Fsp3) is 0.0667. The molecule has 5 heteroatoms.